The molecular weight excluding hydrogens is 268 g/mol. The molecule has 0 fully saturated rings. The number of aromatic nitrogens is 2. The fourth-order valence-corrected chi connectivity index (χ4v) is 2.93. The lowest BCUT2D eigenvalue weighted by Crippen LogP contribution is -2.24. The predicted molar refractivity (Wildman–Crippen MR) is 73.2 cm³/mol. The van der Waals surface area contributed by atoms with Gasteiger partial charge >= 0.3 is 11.7 Å². The molecule has 0 aliphatic rings. The maximum absolute atomic E-state index is 11.9. The highest BCUT2D eigenvalue weighted by molar-refractivity contribution is 7.84. The van der Waals surface area contributed by atoms with Crippen LogP contribution in [0.2, 0.25) is 0 Å². The number of nitrogens with one attached hydrogen (secondary N) is 1. The number of nitrogens with zero attached hydrogens (tertiary/aromatic N) is 1. The first-order chi connectivity index (χ1) is 8.90. The van der Waals surface area contributed by atoms with Crippen LogP contribution in [0.3, 0.4) is 0 Å². The first-order valence-electron chi connectivity index (χ1n) is 5.67. The number of hydrogen-bond acceptors (Lipinski definition) is 3. The highest BCUT2D eigenvalue weighted by atomic mass is 32.2. The first-order valence-corrected chi connectivity index (χ1v) is 7.40. The maximum atomic E-state index is 11.9. The molecular formula is C12H14N2O4S. The molecule has 1 heterocycles. The van der Waals surface area contributed by atoms with Gasteiger partial charge in [0.05, 0.1) is 16.6 Å². The van der Waals surface area contributed by atoms with Crippen LogP contribution in [0.4, 0.5) is 0 Å². The van der Waals surface area contributed by atoms with Gasteiger partial charge < -0.3 is 10.1 Å². The summed E-state index contributed by atoms with van der Waals surface area (Å²) in [6, 6.07) is 4.18. The molecule has 0 radical (unpaired) electrons. The highest BCUT2D eigenvalue weighted by Crippen LogP contribution is 2.17. The number of fused-ring (bicyclic) bond motifs is 1. The van der Waals surface area contributed by atoms with E-state index in [1.165, 1.54) is 16.7 Å². The van der Waals surface area contributed by atoms with Crippen molar-refractivity contribution in [2.24, 2.45) is 0 Å². The number of carboxylic acid groups (broad SMARTS) is 1. The number of aromatic carboxylic acids is 1. The van der Waals surface area contributed by atoms with Crippen molar-refractivity contribution in [2.45, 2.75) is 13.0 Å². The molecule has 2 rings (SSSR count). The summed E-state index contributed by atoms with van der Waals surface area (Å²) in [6.45, 7) is 1.78. The monoisotopic (exact) mass is 282 g/mol. The molecule has 19 heavy (non-hydrogen) atoms. The van der Waals surface area contributed by atoms with E-state index in [0.717, 1.165) is 0 Å². The van der Waals surface area contributed by atoms with Crippen LogP contribution in [0.1, 0.15) is 23.3 Å². The minimum absolute atomic E-state index is 0.116. The summed E-state index contributed by atoms with van der Waals surface area (Å²) in [5.41, 5.74) is 0.882. The average Bonchev–Trinajstić information content (AvgIpc) is 2.62. The molecule has 0 aliphatic carbocycles. The Kier molecular flexibility index (Phi) is 3.57. The predicted octanol–water partition coefficient (Wildman–Crippen LogP) is 0.967. The van der Waals surface area contributed by atoms with Gasteiger partial charge in [0.25, 0.3) is 0 Å². The molecule has 0 aliphatic heterocycles. The first kappa shape index (κ1) is 13.5. The summed E-state index contributed by atoms with van der Waals surface area (Å²) in [6.07, 6.45) is 1.57. The zero-order valence-corrected chi connectivity index (χ0v) is 11.4. The van der Waals surface area contributed by atoms with Crippen LogP contribution in [0.25, 0.3) is 11.0 Å². The number of aromatic amines is 1. The van der Waals surface area contributed by atoms with Crippen LogP contribution < -0.4 is 5.69 Å². The minimum atomic E-state index is -1.05. The zero-order valence-electron chi connectivity index (χ0n) is 10.5. The van der Waals surface area contributed by atoms with E-state index in [1.807, 2.05) is 0 Å². The van der Waals surface area contributed by atoms with Gasteiger partial charge in [-0.1, -0.05) is 0 Å². The van der Waals surface area contributed by atoms with E-state index in [2.05, 4.69) is 4.98 Å². The van der Waals surface area contributed by atoms with E-state index in [9.17, 15) is 13.8 Å². The van der Waals surface area contributed by atoms with E-state index in [0.29, 0.717) is 16.8 Å². The van der Waals surface area contributed by atoms with Crippen LogP contribution in [-0.2, 0) is 10.8 Å². The largest absolute Gasteiger partial charge is 0.478 e. The van der Waals surface area contributed by atoms with Crippen LogP contribution in [0.5, 0.6) is 0 Å². The van der Waals surface area contributed by atoms with Crippen molar-refractivity contribution in [1.29, 1.82) is 0 Å². The van der Waals surface area contributed by atoms with E-state index in [4.69, 9.17) is 5.11 Å². The van der Waals surface area contributed by atoms with Crippen molar-refractivity contribution >= 4 is 27.8 Å². The number of carbonyl (C=O) groups is 1. The molecule has 2 N–H and O–H groups in total. The quantitative estimate of drug-likeness (QED) is 0.874. The molecule has 6 nitrogen and oxygen atoms in total. The normalized spacial score (nSPS) is 14.4. The molecule has 102 valence electrons. The van der Waals surface area contributed by atoms with Crippen molar-refractivity contribution < 1.29 is 14.1 Å². The third-order valence-corrected chi connectivity index (χ3v) is 3.83. The molecule has 0 amide bonds. The van der Waals surface area contributed by atoms with Crippen LogP contribution >= 0.6 is 0 Å². The van der Waals surface area contributed by atoms with Gasteiger partial charge in [0.2, 0.25) is 0 Å². The van der Waals surface area contributed by atoms with Crippen molar-refractivity contribution in [3.8, 4) is 0 Å². The fraction of sp³-hybridized carbons (Fsp3) is 0.333. The smallest absolute Gasteiger partial charge is 0.335 e. The Labute approximate surface area is 111 Å². The molecule has 2 aromatic rings. The van der Waals surface area contributed by atoms with Gasteiger partial charge in [0, 0.05) is 28.9 Å². The van der Waals surface area contributed by atoms with Gasteiger partial charge in [0.15, 0.2) is 0 Å². The third-order valence-electron chi connectivity index (χ3n) is 2.88. The Morgan fingerprint density at radius 1 is 1.53 bits per heavy atom. The summed E-state index contributed by atoms with van der Waals surface area (Å²) in [5.74, 6) is -0.710. The van der Waals surface area contributed by atoms with Crippen molar-refractivity contribution in [3.05, 3.63) is 34.2 Å². The molecule has 0 saturated carbocycles. The number of benzene rings is 1. The lowest BCUT2D eigenvalue weighted by atomic mass is 10.2. The SMILES string of the molecule is CC(CS(C)=O)n1c(=O)[nH]c2ccc(C(=O)O)cc21. The lowest BCUT2D eigenvalue weighted by Gasteiger charge is -2.11. The van der Waals surface area contributed by atoms with E-state index < -0.39 is 16.8 Å². The standard InChI is InChI=1S/C12H14N2O4S/c1-7(6-19(2)18)14-10-5-8(11(15)16)3-4-9(10)13-12(14)17/h3-5,7H,6H2,1-2H3,(H,13,17)(H,15,16). The Morgan fingerprint density at radius 2 is 2.21 bits per heavy atom. The highest BCUT2D eigenvalue weighted by Gasteiger charge is 2.15. The number of imidazole rings is 1. The zero-order chi connectivity index (χ0) is 14.2. The molecule has 2 atom stereocenters. The van der Waals surface area contributed by atoms with Crippen LogP contribution in [0.15, 0.2) is 23.0 Å². The summed E-state index contributed by atoms with van der Waals surface area (Å²) >= 11 is 0. The van der Waals surface area contributed by atoms with Gasteiger partial charge in [-0.15, -0.1) is 0 Å². The Hall–Kier alpha value is -1.89. The molecule has 1 aromatic heterocycles. The number of hydrogen-bond donors (Lipinski definition) is 2. The topological polar surface area (TPSA) is 92.2 Å². The minimum Gasteiger partial charge on any atom is -0.478 e. The molecule has 0 bridgehead atoms. The maximum Gasteiger partial charge on any atom is 0.335 e. The Bertz CT molecular complexity index is 716. The van der Waals surface area contributed by atoms with Gasteiger partial charge in [-0.05, 0) is 25.1 Å². The Morgan fingerprint density at radius 3 is 2.79 bits per heavy atom. The van der Waals surface area contributed by atoms with Crippen molar-refractivity contribution in [3.63, 3.8) is 0 Å². The number of H-pyrrole nitrogens is 1. The summed E-state index contributed by atoms with van der Waals surface area (Å²) in [4.78, 5) is 25.5. The average molecular weight is 282 g/mol. The third kappa shape index (κ3) is 2.60. The second kappa shape index (κ2) is 5.00. The van der Waals surface area contributed by atoms with Crippen molar-refractivity contribution in [2.75, 3.05) is 12.0 Å². The second-order valence-electron chi connectivity index (χ2n) is 4.43. The van der Waals surface area contributed by atoms with E-state index in [1.54, 1.807) is 19.2 Å². The molecule has 2 unspecified atom stereocenters. The molecule has 7 heteroatoms. The lowest BCUT2D eigenvalue weighted by molar-refractivity contribution is 0.0697. The summed E-state index contributed by atoms with van der Waals surface area (Å²) in [5, 5.41) is 8.98. The van der Waals surface area contributed by atoms with Crippen LogP contribution in [-0.4, -0.2) is 36.8 Å². The summed E-state index contributed by atoms with van der Waals surface area (Å²) in [7, 11) is -1.04. The van der Waals surface area contributed by atoms with Gasteiger partial charge in [-0.2, -0.15) is 0 Å². The number of rotatable bonds is 4. The van der Waals surface area contributed by atoms with Gasteiger partial charge in [0.1, 0.15) is 0 Å². The van der Waals surface area contributed by atoms with Gasteiger partial charge in [-0.25, -0.2) is 9.59 Å². The van der Waals surface area contributed by atoms with Crippen molar-refractivity contribution in [1.82, 2.24) is 9.55 Å². The Balaban J connectivity index is 2.62. The second-order valence-corrected chi connectivity index (χ2v) is 5.91. The number of carboxylic acids is 1. The van der Waals surface area contributed by atoms with Gasteiger partial charge in [-0.3, -0.25) is 8.78 Å². The molecule has 0 spiro atoms. The van der Waals surface area contributed by atoms with Crippen LogP contribution in [0, 0.1) is 0 Å². The summed E-state index contributed by atoms with van der Waals surface area (Å²) < 4.78 is 12.7. The van der Waals surface area contributed by atoms with E-state index >= 15 is 0 Å². The molecule has 0 saturated heterocycles. The van der Waals surface area contributed by atoms with E-state index in [-0.39, 0.29) is 17.3 Å². The fourth-order valence-electron chi connectivity index (χ4n) is 2.11. The molecule has 1 aromatic carbocycles.